The van der Waals surface area contributed by atoms with E-state index in [2.05, 4.69) is 5.43 Å². The summed E-state index contributed by atoms with van der Waals surface area (Å²) in [5.74, 6) is 0.154. The minimum absolute atomic E-state index is 0.154. The van der Waals surface area contributed by atoms with Crippen molar-refractivity contribution in [3.8, 4) is 5.88 Å². The van der Waals surface area contributed by atoms with Crippen LogP contribution in [-0.2, 0) is 0 Å². The van der Waals surface area contributed by atoms with Crippen LogP contribution in [0, 0.1) is 0 Å². The number of nitrogens with zero attached hydrogens (tertiary/aromatic N) is 1. The van der Waals surface area contributed by atoms with Crippen molar-refractivity contribution in [1.29, 1.82) is 0 Å². The molecule has 2 heterocycles. The van der Waals surface area contributed by atoms with Crippen LogP contribution < -0.4 is 5.43 Å². The van der Waals surface area contributed by atoms with Gasteiger partial charge in [-0.2, -0.15) is 0 Å². The van der Waals surface area contributed by atoms with Crippen LogP contribution in [0.5, 0.6) is 5.88 Å². The minimum Gasteiger partial charge on any atom is -0.493 e. The van der Waals surface area contributed by atoms with E-state index in [1.165, 1.54) is 0 Å². The van der Waals surface area contributed by atoms with Crippen LogP contribution in [0.15, 0.2) is 22.8 Å². The number of aromatic hydroxyl groups is 1. The lowest BCUT2D eigenvalue weighted by Crippen LogP contribution is -2.06. The van der Waals surface area contributed by atoms with Gasteiger partial charge in [0.1, 0.15) is 5.52 Å². The molecule has 0 aliphatic heterocycles. The van der Waals surface area contributed by atoms with Gasteiger partial charge in [0.2, 0.25) is 5.88 Å². The van der Waals surface area contributed by atoms with Crippen LogP contribution in [0.3, 0.4) is 0 Å². The number of rotatable bonds is 1. The molecule has 0 saturated carbocycles. The summed E-state index contributed by atoms with van der Waals surface area (Å²) < 4.78 is 6.60. The molecular weight excluding hydrogens is 144 g/mol. The molecule has 2 aromatic rings. The van der Waals surface area contributed by atoms with Gasteiger partial charge in [0, 0.05) is 19.2 Å². The Hall–Kier alpha value is -1.58. The zero-order valence-electron chi connectivity index (χ0n) is 6.03. The smallest absolute Gasteiger partial charge is 0.214 e. The van der Waals surface area contributed by atoms with Gasteiger partial charge in [0.15, 0.2) is 5.58 Å². The minimum atomic E-state index is 0.154. The molecule has 0 amide bonds. The normalized spacial score (nSPS) is 10.6. The Morgan fingerprint density at radius 1 is 1.64 bits per heavy atom. The maximum Gasteiger partial charge on any atom is 0.214 e. The Balaban J connectivity index is 2.80. The molecule has 0 atom stereocenters. The van der Waals surface area contributed by atoms with Gasteiger partial charge in [-0.05, 0) is 0 Å². The molecular formula is C7H8N2O2. The number of fused-ring (bicyclic) bond motifs is 1. The van der Waals surface area contributed by atoms with Crippen molar-refractivity contribution >= 4 is 11.1 Å². The molecule has 0 radical (unpaired) electrons. The van der Waals surface area contributed by atoms with Gasteiger partial charge in [0.25, 0.3) is 0 Å². The van der Waals surface area contributed by atoms with Crippen LogP contribution in [-0.4, -0.2) is 16.8 Å². The van der Waals surface area contributed by atoms with Crippen molar-refractivity contribution in [3.05, 3.63) is 18.4 Å². The second-order valence-electron chi connectivity index (χ2n) is 2.23. The Morgan fingerprint density at radius 2 is 2.45 bits per heavy atom. The van der Waals surface area contributed by atoms with Gasteiger partial charge < -0.3 is 14.9 Å². The van der Waals surface area contributed by atoms with Crippen LogP contribution in [0.4, 0.5) is 0 Å². The van der Waals surface area contributed by atoms with Gasteiger partial charge in [-0.25, -0.2) is 4.68 Å². The molecule has 0 saturated heterocycles. The molecule has 0 aromatic carbocycles. The molecule has 2 rings (SSSR count). The Kier molecular flexibility index (Phi) is 1.09. The second kappa shape index (κ2) is 1.95. The fraction of sp³-hybridized carbons (Fsp3) is 0.143. The van der Waals surface area contributed by atoms with Gasteiger partial charge in [0.05, 0.1) is 6.26 Å². The molecule has 0 unspecified atom stereocenters. The third kappa shape index (κ3) is 0.690. The highest BCUT2D eigenvalue weighted by Crippen LogP contribution is 2.23. The Morgan fingerprint density at radius 3 is 3.18 bits per heavy atom. The summed E-state index contributed by atoms with van der Waals surface area (Å²) in [6.45, 7) is 0. The van der Waals surface area contributed by atoms with E-state index in [-0.39, 0.29) is 5.88 Å². The van der Waals surface area contributed by atoms with E-state index < -0.39 is 0 Å². The fourth-order valence-corrected chi connectivity index (χ4v) is 1.15. The molecule has 11 heavy (non-hydrogen) atoms. The summed E-state index contributed by atoms with van der Waals surface area (Å²) in [5, 5.41) is 9.26. The lowest BCUT2D eigenvalue weighted by atomic mass is 10.5. The van der Waals surface area contributed by atoms with Crippen molar-refractivity contribution in [2.24, 2.45) is 0 Å². The topological polar surface area (TPSA) is 50.3 Å². The molecule has 2 aromatic heterocycles. The van der Waals surface area contributed by atoms with Gasteiger partial charge in [-0.3, -0.25) is 0 Å². The average Bonchev–Trinajstić information content (AvgIpc) is 2.46. The molecule has 0 bridgehead atoms. The maximum absolute atomic E-state index is 9.26. The first kappa shape index (κ1) is 6.15. The maximum atomic E-state index is 9.26. The standard InChI is InChI=1S/C7H8N2O2/c1-8-9-5-2-3-11-6(5)4-7(9)10/h2-4,8,10H,1H3. The van der Waals surface area contributed by atoms with Crippen molar-refractivity contribution in [3.63, 3.8) is 0 Å². The summed E-state index contributed by atoms with van der Waals surface area (Å²) in [5.41, 5.74) is 4.33. The quantitative estimate of drug-likeness (QED) is 0.643. The molecule has 4 heteroatoms. The van der Waals surface area contributed by atoms with E-state index in [0.29, 0.717) is 5.58 Å². The summed E-state index contributed by atoms with van der Waals surface area (Å²) in [6.07, 6.45) is 1.58. The van der Waals surface area contributed by atoms with Crippen molar-refractivity contribution in [2.75, 3.05) is 12.5 Å². The molecule has 0 aliphatic carbocycles. The lowest BCUT2D eigenvalue weighted by molar-refractivity contribution is 0.437. The van der Waals surface area contributed by atoms with Crippen LogP contribution in [0.2, 0.25) is 0 Å². The second-order valence-corrected chi connectivity index (χ2v) is 2.23. The molecule has 0 spiro atoms. The lowest BCUT2D eigenvalue weighted by Gasteiger charge is -2.01. The average molecular weight is 152 g/mol. The van der Waals surface area contributed by atoms with Gasteiger partial charge in [-0.1, -0.05) is 0 Å². The third-order valence-electron chi connectivity index (χ3n) is 1.63. The van der Waals surface area contributed by atoms with Gasteiger partial charge in [-0.15, -0.1) is 0 Å². The van der Waals surface area contributed by atoms with Crippen molar-refractivity contribution < 1.29 is 9.52 Å². The Labute approximate surface area is 63.0 Å². The van der Waals surface area contributed by atoms with Crippen LogP contribution >= 0.6 is 0 Å². The molecule has 58 valence electrons. The first-order valence-electron chi connectivity index (χ1n) is 3.28. The van der Waals surface area contributed by atoms with E-state index >= 15 is 0 Å². The van der Waals surface area contributed by atoms with E-state index in [9.17, 15) is 5.11 Å². The number of hydrogen-bond acceptors (Lipinski definition) is 3. The van der Waals surface area contributed by atoms with Crippen molar-refractivity contribution in [2.45, 2.75) is 0 Å². The Bertz CT molecular complexity index is 375. The van der Waals surface area contributed by atoms with E-state index in [0.717, 1.165) is 5.52 Å². The molecule has 0 fully saturated rings. The SMILES string of the molecule is CNn1c(O)cc2occc21. The highest BCUT2D eigenvalue weighted by molar-refractivity contribution is 5.76. The predicted molar refractivity (Wildman–Crippen MR) is 41.2 cm³/mol. The van der Waals surface area contributed by atoms with E-state index in [1.54, 1.807) is 30.1 Å². The van der Waals surface area contributed by atoms with Crippen molar-refractivity contribution in [1.82, 2.24) is 4.68 Å². The van der Waals surface area contributed by atoms with E-state index in [1.807, 2.05) is 0 Å². The number of aromatic nitrogens is 1. The monoisotopic (exact) mass is 152 g/mol. The first-order valence-corrected chi connectivity index (χ1v) is 3.28. The fourth-order valence-electron chi connectivity index (χ4n) is 1.15. The number of nitrogens with one attached hydrogen (secondary N) is 1. The summed E-state index contributed by atoms with van der Waals surface area (Å²) in [6, 6.07) is 3.34. The zero-order chi connectivity index (χ0) is 7.84. The molecule has 2 N–H and O–H groups in total. The van der Waals surface area contributed by atoms with Crippen LogP contribution in [0.1, 0.15) is 0 Å². The van der Waals surface area contributed by atoms with E-state index in [4.69, 9.17) is 4.42 Å². The first-order chi connectivity index (χ1) is 5.33. The highest BCUT2D eigenvalue weighted by Gasteiger charge is 2.07. The highest BCUT2D eigenvalue weighted by atomic mass is 16.3. The summed E-state index contributed by atoms with van der Waals surface area (Å²) in [7, 11) is 1.73. The summed E-state index contributed by atoms with van der Waals surface area (Å²) in [4.78, 5) is 0. The molecule has 0 aliphatic rings. The zero-order valence-corrected chi connectivity index (χ0v) is 6.03. The third-order valence-corrected chi connectivity index (χ3v) is 1.63. The molecule has 4 nitrogen and oxygen atoms in total. The predicted octanol–water partition coefficient (Wildman–Crippen LogP) is 1.11. The summed E-state index contributed by atoms with van der Waals surface area (Å²) >= 11 is 0. The number of hydrogen-bond donors (Lipinski definition) is 2. The van der Waals surface area contributed by atoms with Gasteiger partial charge >= 0.3 is 0 Å². The number of furan rings is 1. The van der Waals surface area contributed by atoms with Crippen LogP contribution in [0.25, 0.3) is 11.1 Å². The largest absolute Gasteiger partial charge is 0.493 e.